The number of carbonyl (C=O) groups is 1. The molecule has 2 aromatic carbocycles. The highest BCUT2D eigenvalue weighted by Crippen LogP contribution is 2.32. The van der Waals surface area contributed by atoms with Crippen LogP contribution in [0.5, 0.6) is 11.6 Å². The van der Waals surface area contributed by atoms with Crippen LogP contribution < -0.4 is 5.32 Å². The topological polar surface area (TPSA) is 85.4 Å². The molecule has 0 aliphatic rings. The second kappa shape index (κ2) is 7.49. The molecule has 0 aliphatic heterocycles. The quantitative estimate of drug-likeness (QED) is 0.538. The first-order valence-corrected chi connectivity index (χ1v) is 8.26. The molecule has 0 atom stereocenters. The van der Waals surface area contributed by atoms with E-state index in [1.165, 1.54) is 12.1 Å². The lowest BCUT2D eigenvalue weighted by atomic mass is 10.1. The van der Waals surface area contributed by atoms with Crippen molar-refractivity contribution in [3.05, 3.63) is 76.2 Å². The van der Waals surface area contributed by atoms with Gasteiger partial charge in [0.15, 0.2) is 5.75 Å². The lowest BCUT2D eigenvalue weighted by Crippen LogP contribution is -2.11. The highest BCUT2D eigenvalue weighted by atomic mass is 35.5. The second-order valence-electron chi connectivity index (χ2n) is 5.74. The monoisotopic (exact) mass is 374 g/mol. The van der Waals surface area contributed by atoms with Crippen molar-refractivity contribution in [1.82, 2.24) is 4.98 Å². The number of aryl methyl sites for hydroxylation is 2. The summed E-state index contributed by atoms with van der Waals surface area (Å²) in [5.74, 6) is -2.09. The Balaban J connectivity index is 1.76. The zero-order valence-electron chi connectivity index (χ0n) is 13.6. The van der Waals surface area contributed by atoms with Crippen molar-refractivity contribution in [3.63, 3.8) is 0 Å². The average Bonchev–Trinajstić information content (AvgIpc) is 2.91. The Kier molecular flexibility index (Phi) is 5.14. The van der Waals surface area contributed by atoms with Crippen LogP contribution in [0.3, 0.4) is 0 Å². The molecule has 0 spiro atoms. The molecule has 5 nitrogen and oxygen atoms in total. The molecule has 134 valence electrons. The van der Waals surface area contributed by atoms with Crippen molar-refractivity contribution in [2.45, 2.75) is 12.8 Å². The first-order valence-electron chi connectivity index (χ1n) is 7.89. The molecule has 26 heavy (non-hydrogen) atoms. The van der Waals surface area contributed by atoms with Gasteiger partial charge in [0.2, 0.25) is 5.88 Å². The summed E-state index contributed by atoms with van der Waals surface area (Å²) in [6.07, 6.45) is 1.04. The predicted octanol–water partition coefficient (Wildman–Crippen LogP) is 4.26. The van der Waals surface area contributed by atoms with Crippen LogP contribution in [-0.4, -0.2) is 21.1 Å². The number of nitrogens with one attached hydrogen (secondary N) is 2. The Labute approximate surface area is 154 Å². The molecule has 3 aromatic rings. The summed E-state index contributed by atoms with van der Waals surface area (Å²) in [5, 5.41) is 22.6. The van der Waals surface area contributed by atoms with Crippen molar-refractivity contribution >= 4 is 23.2 Å². The summed E-state index contributed by atoms with van der Waals surface area (Å²) in [6.45, 7) is 0. The number of benzene rings is 2. The van der Waals surface area contributed by atoms with Gasteiger partial charge in [-0.15, -0.1) is 0 Å². The van der Waals surface area contributed by atoms with Crippen LogP contribution in [0.4, 0.5) is 10.1 Å². The molecule has 0 aliphatic carbocycles. The summed E-state index contributed by atoms with van der Waals surface area (Å²) in [4.78, 5) is 15.0. The number of anilines is 1. The van der Waals surface area contributed by atoms with Gasteiger partial charge in [-0.05, 0) is 36.6 Å². The van der Waals surface area contributed by atoms with E-state index in [4.69, 9.17) is 11.6 Å². The lowest BCUT2D eigenvalue weighted by molar-refractivity contribution is 0.102. The third-order valence-electron chi connectivity index (χ3n) is 3.94. The normalized spacial score (nSPS) is 10.7. The number of carbonyl (C=O) groups excluding carboxylic acids is 1. The smallest absolute Gasteiger partial charge is 0.264 e. The summed E-state index contributed by atoms with van der Waals surface area (Å²) in [7, 11) is 0. The summed E-state index contributed by atoms with van der Waals surface area (Å²) in [6, 6.07) is 13.3. The van der Waals surface area contributed by atoms with Gasteiger partial charge in [0.25, 0.3) is 5.91 Å². The van der Waals surface area contributed by atoms with E-state index < -0.39 is 17.6 Å². The number of hydrogen-bond acceptors (Lipinski definition) is 3. The molecule has 1 amide bonds. The van der Waals surface area contributed by atoms with Crippen LogP contribution in [0.1, 0.15) is 21.6 Å². The largest absolute Gasteiger partial charge is 0.505 e. The molecule has 0 radical (unpaired) electrons. The van der Waals surface area contributed by atoms with Crippen molar-refractivity contribution in [2.75, 3.05) is 5.32 Å². The fraction of sp³-hybridized carbons (Fsp3) is 0.105. The maximum absolute atomic E-state index is 13.2. The van der Waals surface area contributed by atoms with E-state index in [0.717, 1.165) is 11.6 Å². The van der Waals surface area contributed by atoms with Gasteiger partial charge in [-0.2, -0.15) is 0 Å². The van der Waals surface area contributed by atoms with Crippen molar-refractivity contribution in [2.24, 2.45) is 0 Å². The third kappa shape index (κ3) is 3.81. The Hall–Kier alpha value is -2.99. The van der Waals surface area contributed by atoms with Gasteiger partial charge in [-0.3, -0.25) is 4.79 Å². The fourth-order valence-corrected chi connectivity index (χ4v) is 2.79. The number of aromatic nitrogens is 1. The van der Waals surface area contributed by atoms with Crippen LogP contribution in [0.15, 0.2) is 48.5 Å². The minimum absolute atomic E-state index is 0.145. The molecule has 0 saturated heterocycles. The number of rotatable bonds is 5. The Morgan fingerprint density at radius 2 is 1.85 bits per heavy atom. The molecule has 0 saturated carbocycles. The van der Waals surface area contributed by atoms with E-state index in [1.54, 1.807) is 0 Å². The van der Waals surface area contributed by atoms with Crippen LogP contribution in [0.25, 0.3) is 0 Å². The van der Waals surface area contributed by atoms with E-state index in [0.29, 0.717) is 18.5 Å². The lowest BCUT2D eigenvalue weighted by Gasteiger charge is -2.06. The van der Waals surface area contributed by atoms with Crippen LogP contribution in [0.2, 0.25) is 5.02 Å². The predicted molar refractivity (Wildman–Crippen MR) is 97.3 cm³/mol. The molecule has 1 aromatic heterocycles. The van der Waals surface area contributed by atoms with Gasteiger partial charge in [-0.25, -0.2) is 4.39 Å². The van der Waals surface area contributed by atoms with Gasteiger partial charge in [0.1, 0.15) is 11.4 Å². The first kappa shape index (κ1) is 17.8. The minimum Gasteiger partial charge on any atom is -0.505 e. The number of aromatic hydroxyl groups is 2. The highest BCUT2D eigenvalue weighted by molar-refractivity contribution is 6.31. The Morgan fingerprint density at radius 3 is 2.54 bits per heavy atom. The minimum atomic E-state index is -0.732. The van der Waals surface area contributed by atoms with Crippen molar-refractivity contribution < 1.29 is 19.4 Å². The number of halogens is 2. The highest BCUT2D eigenvalue weighted by Gasteiger charge is 2.23. The molecular weight excluding hydrogens is 359 g/mol. The zero-order valence-corrected chi connectivity index (χ0v) is 14.3. The fourth-order valence-electron chi connectivity index (χ4n) is 2.61. The van der Waals surface area contributed by atoms with Gasteiger partial charge >= 0.3 is 0 Å². The van der Waals surface area contributed by atoms with Gasteiger partial charge in [0.05, 0.1) is 10.7 Å². The zero-order chi connectivity index (χ0) is 18.7. The van der Waals surface area contributed by atoms with Crippen LogP contribution in [0, 0.1) is 5.82 Å². The average molecular weight is 375 g/mol. The van der Waals surface area contributed by atoms with Crippen molar-refractivity contribution in [3.8, 4) is 11.6 Å². The standard InChI is InChI=1S/C19H16ClFN2O3/c20-13-10-12(7-8-14(13)21)22-18(25)16-17(24)15(23-19(16)26)9-6-11-4-2-1-3-5-11/h1-5,7-8,10,23-24,26H,6,9H2,(H,22,25). The molecule has 0 fully saturated rings. The summed E-state index contributed by atoms with van der Waals surface area (Å²) < 4.78 is 13.2. The van der Waals surface area contributed by atoms with E-state index in [9.17, 15) is 19.4 Å². The maximum atomic E-state index is 13.2. The molecular formula is C19H16ClFN2O3. The van der Waals surface area contributed by atoms with E-state index in [-0.39, 0.29) is 22.0 Å². The Morgan fingerprint density at radius 1 is 1.12 bits per heavy atom. The number of H-pyrrole nitrogens is 1. The molecule has 7 heteroatoms. The number of amides is 1. The van der Waals surface area contributed by atoms with Crippen LogP contribution >= 0.6 is 11.6 Å². The van der Waals surface area contributed by atoms with E-state index >= 15 is 0 Å². The molecule has 0 bridgehead atoms. The summed E-state index contributed by atoms with van der Waals surface area (Å²) >= 11 is 5.68. The second-order valence-corrected chi connectivity index (χ2v) is 6.15. The Bertz CT molecular complexity index is 941. The van der Waals surface area contributed by atoms with Gasteiger partial charge in [0, 0.05) is 5.69 Å². The summed E-state index contributed by atoms with van der Waals surface area (Å²) in [5.41, 5.74) is 1.39. The first-order chi connectivity index (χ1) is 12.5. The molecule has 3 rings (SSSR count). The number of hydrogen-bond donors (Lipinski definition) is 4. The third-order valence-corrected chi connectivity index (χ3v) is 4.23. The number of aromatic amines is 1. The van der Waals surface area contributed by atoms with Crippen molar-refractivity contribution in [1.29, 1.82) is 0 Å². The molecule has 1 heterocycles. The molecule has 0 unspecified atom stereocenters. The molecule has 4 N–H and O–H groups in total. The van der Waals surface area contributed by atoms with E-state index in [1.807, 2.05) is 30.3 Å². The van der Waals surface area contributed by atoms with E-state index in [2.05, 4.69) is 10.3 Å². The SMILES string of the molecule is O=C(Nc1ccc(F)c(Cl)c1)c1c(O)[nH]c(CCc2ccccc2)c1O. The van der Waals surface area contributed by atoms with Crippen LogP contribution in [-0.2, 0) is 12.8 Å². The maximum Gasteiger partial charge on any atom is 0.264 e. The van der Waals surface area contributed by atoms with Gasteiger partial charge in [-0.1, -0.05) is 41.9 Å². The van der Waals surface area contributed by atoms with Gasteiger partial charge < -0.3 is 20.5 Å².